The number of unbranched alkanes of at least 4 members (excludes halogenated alkanes) is 2. The Morgan fingerprint density at radius 3 is 2.49 bits per heavy atom. The van der Waals surface area contributed by atoms with Crippen molar-refractivity contribution in [3.8, 4) is 5.88 Å². The quantitative estimate of drug-likeness (QED) is 0.113. The molecule has 0 aliphatic heterocycles. The average molecular weight is 566 g/mol. The molecule has 2 aromatic carbocycles. The van der Waals surface area contributed by atoms with E-state index in [1.54, 1.807) is 54.6 Å². The third kappa shape index (κ3) is 7.20. The van der Waals surface area contributed by atoms with Gasteiger partial charge >= 0.3 is 6.18 Å². The number of fused-ring (bicyclic) bond motifs is 1. The number of pyridine rings is 1. The van der Waals surface area contributed by atoms with Crippen LogP contribution >= 0.6 is 0 Å². The Bertz CT molecular complexity index is 1510. The van der Waals surface area contributed by atoms with Crippen LogP contribution in [0.15, 0.2) is 66.9 Å². The average Bonchev–Trinajstić information content (AvgIpc) is 3.55. The predicted octanol–water partition coefficient (Wildman–Crippen LogP) is 8.32. The molecule has 5 nitrogen and oxygen atoms in total. The van der Waals surface area contributed by atoms with Crippen molar-refractivity contribution in [3.63, 3.8) is 0 Å². The van der Waals surface area contributed by atoms with Crippen LogP contribution in [-0.4, -0.2) is 33.7 Å². The Hall–Kier alpha value is -4.01. The normalized spacial score (nSPS) is 16.3. The van der Waals surface area contributed by atoms with Gasteiger partial charge in [0.25, 0.3) is 0 Å². The SMILES string of the molecule is O=C1CCCC1CCCCCOc1ccc(/C(=C(/CC(F)(F)F)c2ccccc2)c2ccc3n[nH]c(F)c3c2)cn1. The van der Waals surface area contributed by atoms with Gasteiger partial charge < -0.3 is 4.74 Å². The lowest BCUT2D eigenvalue weighted by molar-refractivity contribution is -0.123. The summed E-state index contributed by atoms with van der Waals surface area (Å²) >= 11 is 0. The molecular formula is C32H31F4N3O2. The van der Waals surface area contributed by atoms with E-state index in [4.69, 9.17) is 4.74 Å². The van der Waals surface area contributed by atoms with Crippen molar-refractivity contribution in [3.05, 3.63) is 89.5 Å². The van der Waals surface area contributed by atoms with Crippen molar-refractivity contribution in [1.82, 2.24) is 15.2 Å². The molecule has 1 aliphatic carbocycles. The molecule has 41 heavy (non-hydrogen) atoms. The fraction of sp³-hybridized carbons (Fsp3) is 0.344. The number of Topliss-reactive ketones (excluding diaryl/α,β-unsaturated/α-hetero) is 1. The van der Waals surface area contributed by atoms with Crippen LogP contribution in [0.2, 0.25) is 0 Å². The van der Waals surface area contributed by atoms with Gasteiger partial charge in [0, 0.05) is 30.2 Å². The summed E-state index contributed by atoms with van der Waals surface area (Å²) in [6.45, 7) is 0.452. The molecule has 4 aromatic rings. The third-order valence-corrected chi connectivity index (χ3v) is 7.50. The van der Waals surface area contributed by atoms with Gasteiger partial charge in [0.1, 0.15) is 5.78 Å². The van der Waals surface area contributed by atoms with E-state index in [0.29, 0.717) is 52.5 Å². The van der Waals surface area contributed by atoms with Crippen LogP contribution < -0.4 is 4.74 Å². The fourth-order valence-electron chi connectivity index (χ4n) is 5.48. The maximum absolute atomic E-state index is 14.4. The number of ketones is 1. The van der Waals surface area contributed by atoms with Gasteiger partial charge in [0.15, 0.2) is 0 Å². The number of rotatable bonds is 11. The molecule has 5 rings (SSSR count). The molecule has 1 aliphatic rings. The molecule has 0 radical (unpaired) electrons. The number of hydrogen-bond donors (Lipinski definition) is 1. The van der Waals surface area contributed by atoms with Crippen molar-refractivity contribution in [2.45, 2.75) is 57.5 Å². The zero-order valence-corrected chi connectivity index (χ0v) is 22.5. The minimum absolute atomic E-state index is 0.0533. The number of ether oxygens (including phenoxy) is 1. The Kier molecular flexibility index (Phi) is 8.81. The van der Waals surface area contributed by atoms with Gasteiger partial charge in [0.2, 0.25) is 11.8 Å². The van der Waals surface area contributed by atoms with Crippen molar-refractivity contribution < 1.29 is 27.1 Å². The van der Waals surface area contributed by atoms with E-state index in [2.05, 4.69) is 15.2 Å². The van der Waals surface area contributed by atoms with Gasteiger partial charge in [-0.3, -0.25) is 9.89 Å². The summed E-state index contributed by atoms with van der Waals surface area (Å²) in [5.41, 5.74) is 2.00. The predicted molar refractivity (Wildman–Crippen MR) is 150 cm³/mol. The number of carbonyl (C=O) groups is 1. The van der Waals surface area contributed by atoms with Gasteiger partial charge in [-0.25, -0.2) is 4.98 Å². The van der Waals surface area contributed by atoms with Crippen LogP contribution in [0, 0.1) is 11.9 Å². The van der Waals surface area contributed by atoms with Gasteiger partial charge in [-0.05, 0) is 66.2 Å². The molecule has 1 N–H and O–H groups in total. The monoisotopic (exact) mass is 565 g/mol. The van der Waals surface area contributed by atoms with Crippen molar-refractivity contribution in [1.29, 1.82) is 0 Å². The van der Waals surface area contributed by atoms with E-state index in [1.165, 1.54) is 12.3 Å². The van der Waals surface area contributed by atoms with E-state index < -0.39 is 18.5 Å². The van der Waals surface area contributed by atoms with E-state index in [0.717, 1.165) is 38.5 Å². The van der Waals surface area contributed by atoms with Crippen LogP contribution in [-0.2, 0) is 4.79 Å². The molecule has 214 valence electrons. The molecule has 0 bridgehead atoms. The summed E-state index contributed by atoms with van der Waals surface area (Å²) in [5, 5.41) is 6.36. The molecule has 1 saturated carbocycles. The fourth-order valence-corrected chi connectivity index (χ4v) is 5.48. The highest BCUT2D eigenvalue weighted by molar-refractivity contribution is 6.00. The lowest BCUT2D eigenvalue weighted by Gasteiger charge is -2.19. The molecule has 2 aromatic heterocycles. The molecule has 0 amide bonds. The van der Waals surface area contributed by atoms with E-state index in [1.807, 2.05) is 0 Å². The van der Waals surface area contributed by atoms with Crippen LogP contribution in [0.5, 0.6) is 5.88 Å². The Morgan fingerprint density at radius 2 is 1.78 bits per heavy atom. The van der Waals surface area contributed by atoms with Crippen LogP contribution in [0.3, 0.4) is 0 Å². The van der Waals surface area contributed by atoms with E-state index >= 15 is 0 Å². The molecule has 9 heteroatoms. The summed E-state index contributed by atoms with van der Waals surface area (Å²) in [7, 11) is 0. The number of hydrogen-bond acceptors (Lipinski definition) is 4. The van der Waals surface area contributed by atoms with E-state index in [-0.39, 0.29) is 16.9 Å². The molecule has 1 fully saturated rings. The first-order valence-electron chi connectivity index (χ1n) is 13.9. The van der Waals surface area contributed by atoms with Crippen molar-refractivity contribution >= 4 is 27.8 Å². The number of aromatic amines is 1. The highest BCUT2D eigenvalue weighted by Crippen LogP contribution is 2.40. The molecule has 1 atom stereocenters. The first-order valence-corrected chi connectivity index (χ1v) is 13.9. The van der Waals surface area contributed by atoms with Gasteiger partial charge in [-0.15, -0.1) is 0 Å². The van der Waals surface area contributed by atoms with Crippen LogP contribution in [0.25, 0.3) is 22.0 Å². The van der Waals surface area contributed by atoms with Gasteiger partial charge in [-0.1, -0.05) is 49.2 Å². The third-order valence-electron chi connectivity index (χ3n) is 7.50. The first-order chi connectivity index (χ1) is 19.8. The molecule has 1 unspecified atom stereocenters. The second-order valence-corrected chi connectivity index (χ2v) is 10.4. The second kappa shape index (κ2) is 12.7. The molecule has 0 spiro atoms. The number of alkyl halides is 3. The summed E-state index contributed by atoms with van der Waals surface area (Å²) in [5.74, 6) is 0.318. The summed E-state index contributed by atoms with van der Waals surface area (Å²) in [6.07, 6.45) is 2.21. The largest absolute Gasteiger partial charge is 0.478 e. The minimum Gasteiger partial charge on any atom is -0.478 e. The molecule has 0 saturated heterocycles. The zero-order chi connectivity index (χ0) is 28.8. The number of carbonyl (C=O) groups excluding carboxylic acids is 1. The Labute approximate surface area is 235 Å². The smallest absolute Gasteiger partial charge is 0.393 e. The number of nitrogens with zero attached hydrogens (tertiary/aromatic N) is 2. The topological polar surface area (TPSA) is 67.9 Å². The Morgan fingerprint density at radius 1 is 0.976 bits per heavy atom. The maximum Gasteiger partial charge on any atom is 0.393 e. The second-order valence-electron chi connectivity index (χ2n) is 10.4. The number of aromatic nitrogens is 3. The van der Waals surface area contributed by atoms with Crippen LogP contribution in [0.4, 0.5) is 17.6 Å². The lowest BCUT2D eigenvalue weighted by Crippen LogP contribution is -2.10. The number of H-pyrrole nitrogens is 1. The van der Waals surface area contributed by atoms with Crippen LogP contribution in [0.1, 0.15) is 68.1 Å². The highest BCUT2D eigenvalue weighted by Gasteiger charge is 2.32. The zero-order valence-electron chi connectivity index (χ0n) is 22.5. The number of nitrogens with one attached hydrogen (secondary N) is 1. The minimum atomic E-state index is -4.48. The highest BCUT2D eigenvalue weighted by atomic mass is 19.4. The molecular weight excluding hydrogens is 534 g/mol. The van der Waals surface area contributed by atoms with Crippen molar-refractivity contribution in [2.75, 3.05) is 6.61 Å². The summed E-state index contributed by atoms with van der Waals surface area (Å²) in [6, 6.07) is 16.4. The summed E-state index contributed by atoms with van der Waals surface area (Å²) < 4.78 is 61.8. The maximum atomic E-state index is 14.4. The van der Waals surface area contributed by atoms with E-state index in [9.17, 15) is 22.4 Å². The van der Waals surface area contributed by atoms with Crippen molar-refractivity contribution in [2.24, 2.45) is 5.92 Å². The summed E-state index contributed by atoms with van der Waals surface area (Å²) in [4.78, 5) is 16.2. The standard InChI is InChI=1S/C32H31F4N3O2/c33-31-25-18-23(13-15-27(25)38-39-31)30(26(19-32(34,35)36)21-8-3-1-4-9-21)24-14-16-29(37-20-24)41-17-6-2-5-10-22-11-7-12-28(22)40/h1,3-4,8-9,13-16,18,20,22H,2,5-7,10-12,17,19H2,(H,38,39)/b30-26-. The van der Waals surface area contributed by atoms with Gasteiger partial charge in [0.05, 0.1) is 23.9 Å². The number of halogens is 4. The lowest BCUT2D eigenvalue weighted by atomic mass is 9.88. The molecule has 2 heterocycles. The Balaban J connectivity index is 1.39. The number of benzene rings is 2. The van der Waals surface area contributed by atoms with Gasteiger partial charge in [-0.2, -0.15) is 22.7 Å². The number of allylic oxidation sites excluding steroid dienone is 1. The first kappa shape index (κ1) is 28.5.